The Kier molecular flexibility index (Phi) is 65.1. The van der Waals surface area contributed by atoms with Crippen LogP contribution in [-0.4, -0.2) is 73.2 Å². The van der Waals surface area contributed by atoms with E-state index in [4.69, 9.17) is 14.2 Å². The Morgan fingerprint density at radius 2 is 0.586 bits per heavy atom. The maximum absolute atomic E-state index is 12.8. The fourth-order valence-electron chi connectivity index (χ4n) is 15.0. The maximum atomic E-state index is 12.8. The molecule has 3 N–H and O–H groups in total. The first-order valence-electron chi connectivity index (χ1n) is 43.1. The van der Waals surface area contributed by atoms with Gasteiger partial charge in [-0.05, 0) is 94.4 Å². The quantitative estimate of drug-likeness (QED) is 0.0328. The van der Waals surface area contributed by atoms with Gasteiger partial charge in [-0.2, -0.15) is 0 Å². The summed E-state index contributed by atoms with van der Waals surface area (Å²) < 4.78 is 16.3. The molecule has 0 heterocycles. The van der Waals surface area contributed by atoms with Crippen LogP contribution >= 0.6 is 0 Å². The molecule has 0 aromatic heterocycles. The fraction of sp³-hybridized carbons (Fsp3) is 0.875. The SMILES string of the molecule is CCCCCCCCC(CCCCCCCCC(=O)NCCNC(=O)CCCCCCCCC(CCCCCCCC)C(CCCCCCCC)CCCCCCCCC(=O)OCCOc1ccc(C(=O)C(C)(C)O)cc1)C(CCCCCCCC)CCCCCCCCC(=O)OCC. The number of nitrogens with one attached hydrogen (secondary N) is 2. The van der Waals surface area contributed by atoms with Crippen molar-refractivity contribution in [1.29, 1.82) is 0 Å². The van der Waals surface area contributed by atoms with E-state index in [9.17, 15) is 29.1 Å². The Balaban J connectivity index is 2.45. The minimum Gasteiger partial charge on any atom is -0.490 e. The van der Waals surface area contributed by atoms with Crippen LogP contribution in [0.2, 0.25) is 0 Å². The lowest BCUT2D eigenvalue weighted by molar-refractivity contribution is -0.145. The number of aliphatic hydroxyl groups is 1. The van der Waals surface area contributed by atoms with Crippen LogP contribution in [-0.2, 0) is 28.7 Å². The van der Waals surface area contributed by atoms with E-state index in [0.717, 1.165) is 81.5 Å². The van der Waals surface area contributed by atoms with E-state index in [2.05, 4.69) is 38.3 Å². The molecule has 0 aliphatic heterocycles. The highest BCUT2D eigenvalue weighted by Gasteiger charge is 2.26. The van der Waals surface area contributed by atoms with Crippen LogP contribution in [0.4, 0.5) is 0 Å². The number of hydrogen-bond donors (Lipinski definition) is 3. The molecule has 0 radical (unpaired) electrons. The van der Waals surface area contributed by atoms with Gasteiger partial charge in [0, 0.05) is 44.3 Å². The largest absolute Gasteiger partial charge is 0.490 e. The summed E-state index contributed by atoms with van der Waals surface area (Å²) in [6.07, 6.45) is 74.6. The number of ether oxygens (including phenoxy) is 3. The fourth-order valence-corrected chi connectivity index (χ4v) is 15.0. The van der Waals surface area contributed by atoms with Crippen LogP contribution in [0.3, 0.4) is 0 Å². The molecule has 0 spiro atoms. The van der Waals surface area contributed by atoms with Gasteiger partial charge >= 0.3 is 11.9 Å². The molecule has 11 heteroatoms. The van der Waals surface area contributed by atoms with Gasteiger partial charge < -0.3 is 30.0 Å². The number of unbranched alkanes of at least 4 members (excludes halogenated alkanes) is 40. The molecule has 0 saturated carbocycles. The minimum atomic E-state index is -1.43. The zero-order valence-electron chi connectivity index (χ0n) is 66.3. The lowest BCUT2D eigenvalue weighted by Gasteiger charge is -2.28. The third kappa shape index (κ3) is 58.6. The molecule has 0 bridgehead atoms. The average Bonchev–Trinajstić information content (AvgIpc) is 0.872. The number of rotatable bonds is 76. The van der Waals surface area contributed by atoms with E-state index >= 15 is 0 Å². The highest BCUT2D eigenvalue weighted by atomic mass is 16.6. The van der Waals surface area contributed by atoms with Gasteiger partial charge in [-0.1, -0.05) is 362 Å². The van der Waals surface area contributed by atoms with Gasteiger partial charge in [-0.25, -0.2) is 0 Å². The molecule has 1 rings (SSSR count). The first-order valence-corrected chi connectivity index (χ1v) is 43.1. The predicted octanol–water partition coefficient (Wildman–Crippen LogP) is 25.3. The van der Waals surface area contributed by atoms with E-state index in [-0.39, 0.29) is 42.7 Å². The molecule has 0 aliphatic carbocycles. The van der Waals surface area contributed by atoms with Crippen LogP contribution in [0.25, 0.3) is 0 Å². The number of Topliss-reactive ketones (excluding diaryl/α,β-unsaturated/α-hetero) is 1. The van der Waals surface area contributed by atoms with Crippen LogP contribution in [0.5, 0.6) is 5.75 Å². The molecular weight excluding hydrogens is 1230 g/mol. The van der Waals surface area contributed by atoms with Crippen LogP contribution < -0.4 is 15.4 Å². The van der Waals surface area contributed by atoms with E-state index in [1.165, 1.54) is 316 Å². The minimum absolute atomic E-state index is 0.0420. The third-order valence-electron chi connectivity index (χ3n) is 21.3. The molecular formula is C88H162N2O9. The zero-order valence-corrected chi connectivity index (χ0v) is 66.3. The summed E-state index contributed by atoms with van der Waals surface area (Å²) in [5.41, 5.74) is -1.00. The highest BCUT2D eigenvalue weighted by Crippen LogP contribution is 2.36. The Bertz CT molecular complexity index is 1990. The predicted molar refractivity (Wildman–Crippen MR) is 420 cm³/mol. The summed E-state index contributed by atoms with van der Waals surface area (Å²) in [5.74, 6) is 3.63. The molecule has 578 valence electrons. The molecule has 11 nitrogen and oxygen atoms in total. The first-order chi connectivity index (χ1) is 48.3. The summed E-state index contributed by atoms with van der Waals surface area (Å²) in [6, 6.07) is 6.66. The third-order valence-corrected chi connectivity index (χ3v) is 21.3. The number of hydrogen-bond acceptors (Lipinski definition) is 9. The first kappa shape index (κ1) is 93.5. The van der Waals surface area contributed by atoms with Crippen molar-refractivity contribution in [3.05, 3.63) is 29.8 Å². The van der Waals surface area contributed by atoms with Gasteiger partial charge in [-0.15, -0.1) is 0 Å². The standard InChI is InChI=1S/C88H162N2O9/c1-8-13-17-21-33-45-57-77(79(59-47-35-23-19-15-10-3)63-51-39-27-31-43-55-67-85(93)97-12-5)61-49-37-25-29-41-53-65-83(91)89-73-74-90-84(92)66-54-42-30-26-38-50-62-78(58-46-34-22-18-14-9-2)80(60-48-36-24-20-16-11-4)64-52-40-28-32-44-56-68-86(94)99-76-75-98-82-71-69-81(70-72-82)87(95)88(6,7)96/h69-72,77-80,96H,8-68,73-76H2,1-7H3,(H,89,91)(H,90,92). The lowest BCUT2D eigenvalue weighted by atomic mass is 9.78. The average molecular weight is 1390 g/mol. The van der Waals surface area contributed by atoms with Crippen molar-refractivity contribution < 1.29 is 43.3 Å². The molecule has 0 saturated heterocycles. The summed E-state index contributed by atoms with van der Waals surface area (Å²) >= 11 is 0. The highest BCUT2D eigenvalue weighted by molar-refractivity contribution is 6.01. The molecule has 0 fully saturated rings. The number of esters is 2. The monoisotopic (exact) mass is 1390 g/mol. The number of carbonyl (C=O) groups is 5. The Labute approximate surface area is 611 Å². The number of carbonyl (C=O) groups excluding carboxylic acids is 5. The molecule has 1 aromatic carbocycles. The van der Waals surface area contributed by atoms with Crippen LogP contribution in [0, 0.1) is 23.7 Å². The van der Waals surface area contributed by atoms with E-state index in [0.29, 0.717) is 56.7 Å². The molecule has 0 aliphatic rings. The second kappa shape index (κ2) is 68.9. The normalized spacial score (nSPS) is 12.9. The number of benzene rings is 1. The number of ketones is 1. The molecule has 4 atom stereocenters. The van der Waals surface area contributed by atoms with Crippen molar-refractivity contribution in [3.63, 3.8) is 0 Å². The molecule has 99 heavy (non-hydrogen) atoms. The van der Waals surface area contributed by atoms with Gasteiger partial charge in [0.15, 0.2) is 5.78 Å². The Morgan fingerprint density at radius 1 is 0.333 bits per heavy atom. The van der Waals surface area contributed by atoms with E-state index in [1.807, 2.05) is 6.92 Å². The van der Waals surface area contributed by atoms with Crippen molar-refractivity contribution in [2.75, 3.05) is 32.9 Å². The summed E-state index contributed by atoms with van der Waals surface area (Å²) in [7, 11) is 0. The van der Waals surface area contributed by atoms with Crippen molar-refractivity contribution in [1.82, 2.24) is 10.6 Å². The second-order valence-corrected chi connectivity index (χ2v) is 30.9. The van der Waals surface area contributed by atoms with Gasteiger partial charge in [0.05, 0.1) is 6.61 Å². The second-order valence-electron chi connectivity index (χ2n) is 30.9. The van der Waals surface area contributed by atoms with Crippen molar-refractivity contribution >= 4 is 29.5 Å². The summed E-state index contributed by atoms with van der Waals surface area (Å²) in [4.78, 5) is 62.0. The maximum Gasteiger partial charge on any atom is 0.305 e. The van der Waals surface area contributed by atoms with Crippen molar-refractivity contribution in [2.45, 2.75) is 439 Å². The molecule has 1 aromatic rings. The van der Waals surface area contributed by atoms with Crippen LogP contribution in [0.1, 0.15) is 444 Å². The van der Waals surface area contributed by atoms with Crippen molar-refractivity contribution in [3.8, 4) is 5.75 Å². The zero-order chi connectivity index (χ0) is 72.2. The summed E-state index contributed by atoms with van der Waals surface area (Å²) in [5, 5.41) is 16.1. The van der Waals surface area contributed by atoms with Gasteiger partial charge in [0.2, 0.25) is 11.8 Å². The van der Waals surface area contributed by atoms with Gasteiger partial charge in [0.1, 0.15) is 24.6 Å². The van der Waals surface area contributed by atoms with E-state index in [1.54, 1.807) is 24.3 Å². The lowest BCUT2D eigenvalue weighted by Crippen LogP contribution is -2.34. The van der Waals surface area contributed by atoms with Crippen LogP contribution in [0.15, 0.2) is 24.3 Å². The van der Waals surface area contributed by atoms with Gasteiger partial charge in [0.25, 0.3) is 0 Å². The van der Waals surface area contributed by atoms with Crippen molar-refractivity contribution in [2.24, 2.45) is 23.7 Å². The van der Waals surface area contributed by atoms with Gasteiger partial charge in [-0.3, -0.25) is 24.0 Å². The Hall–Kier alpha value is -3.47. The van der Waals surface area contributed by atoms with E-state index < -0.39 is 5.60 Å². The summed E-state index contributed by atoms with van der Waals surface area (Å²) in [6.45, 7) is 16.0. The topological polar surface area (TPSA) is 157 Å². The smallest absolute Gasteiger partial charge is 0.305 e. The Morgan fingerprint density at radius 3 is 0.859 bits per heavy atom. The molecule has 4 unspecified atom stereocenters. The molecule has 2 amide bonds. The number of amides is 2.